The normalized spacial score (nSPS) is 14.6. The molecule has 3 nitrogen and oxygen atoms in total. The number of thioether (sulfide) groups is 1. The van der Waals surface area contributed by atoms with Gasteiger partial charge in [0.25, 0.3) is 0 Å². The van der Waals surface area contributed by atoms with E-state index in [0.717, 1.165) is 40.3 Å². The van der Waals surface area contributed by atoms with Gasteiger partial charge in [-0.3, -0.25) is 0 Å². The van der Waals surface area contributed by atoms with E-state index in [-0.39, 0.29) is 0 Å². The van der Waals surface area contributed by atoms with Gasteiger partial charge in [-0.15, -0.1) is 23.1 Å². The SMILES string of the molecule is Cc1sc2nc(CSc3ccc(Cl)cc3)nc(N3CCCC3)c2c1C. The summed E-state index contributed by atoms with van der Waals surface area (Å²) in [6.45, 7) is 6.57. The highest BCUT2D eigenvalue weighted by Gasteiger charge is 2.21. The average Bonchev–Trinajstić information content (AvgIpc) is 3.23. The maximum Gasteiger partial charge on any atom is 0.142 e. The van der Waals surface area contributed by atoms with Gasteiger partial charge in [-0.05, 0) is 56.5 Å². The Balaban J connectivity index is 1.68. The highest BCUT2D eigenvalue weighted by atomic mass is 35.5. The number of halogens is 1. The average molecular weight is 390 g/mol. The standard InChI is InChI=1S/C19H20ClN3S2/c1-12-13(2)25-19-17(12)18(23-9-3-4-10-23)21-16(22-19)11-24-15-7-5-14(20)6-8-15/h5-8H,3-4,9-11H2,1-2H3. The first-order chi connectivity index (χ1) is 12.1. The van der Waals surface area contributed by atoms with E-state index in [9.17, 15) is 0 Å². The number of aryl methyl sites for hydroxylation is 2. The number of benzene rings is 1. The summed E-state index contributed by atoms with van der Waals surface area (Å²) in [6, 6.07) is 7.95. The van der Waals surface area contributed by atoms with Crippen molar-refractivity contribution >= 4 is 50.7 Å². The first kappa shape index (κ1) is 17.1. The van der Waals surface area contributed by atoms with E-state index < -0.39 is 0 Å². The second-order valence-corrected chi connectivity index (χ2v) is 9.05. The van der Waals surface area contributed by atoms with Gasteiger partial charge in [-0.2, -0.15) is 0 Å². The third-order valence-electron chi connectivity index (χ3n) is 4.64. The zero-order valence-corrected chi connectivity index (χ0v) is 16.8. The molecule has 130 valence electrons. The Labute approximate surface area is 161 Å². The molecule has 0 aliphatic carbocycles. The van der Waals surface area contributed by atoms with E-state index in [0.29, 0.717) is 0 Å². The lowest BCUT2D eigenvalue weighted by molar-refractivity contribution is 0.922. The van der Waals surface area contributed by atoms with Crippen molar-refractivity contribution in [1.82, 2.24) is 9.97 Å². The molecule has 1 aliphatic heterocycles. The van der Waals surface area contributed by atoms with Crippen molar-refractivity contribution in [2.24, 2.45) is 0 Å². The van der Waals surface area contributed by atoms with Crippen molar-refractivity contribution in [3.63, 3.8) is 0 Å². The van der Waals surface area contributed by atoms with Gasteiger partial charge in [0.05, 0.1) is 11.1 Å². The minimum Gasteiger partial charge on any atom is -0.356 e. The number of nitrogens with zero attached hydrogens (tertiary/aromatic N) is 3. The van der Waals surface area contributed by atoms with Crippen LogP contribution in [0.15, 0.2) is 29.2 Å². The summed E-state index contributed by atoms with van der Waals surface area (Å²) < 4.78 is 0. The van der Waals surface area contributed by atoms with Crippen molar-refractivity contribution in [2.45, 2.75) is 37.3 Å². The fourth-order valence-electron chi connectivity index (χ4n) is 3.17. The van der Waals surface area contributed by atoms with Crippen molar-refractivity contribution in [3.8, 4) is 0 Å². The van der Waals surface area contributed by atoms with Gasteiger partial charge >= 0.3 is 0 Å². The molecule has 0 atom stereocenters. The highest BCUT2D eigenvalue weighted by molar-refractivity contribution is 7.98. The molecule has 3 heterocycles. The van der Waals surface area contributed by atoms with Crippen LogP contribution in [-0.4, -0.2) is 23.1 Å². The topological polar surface area (TPSA) is 29.0 Å². The monoisotopic (exact) mass is 389 g/mol. The van der Waals surface area contributed by atoms with Crippen molar-refractivity contribution in [2.75, 3.05) is 18.0 Å². The van der Waals surface area contributed by atoms with Gasteiger partial charge in [0.1, 0.15) is 16.5 Å². The number of hydrogen-bond donors (Lipinski definition) is 0. The van der Waals surface area contributed by atoms with Crippen LogP contribution in [0.1, 0.15) is 29.1 Å². The molecule has 0 amide bonds. The van der Waals surface area contributed by atoms with Crippen molar-refractivity contribution in [1.29, 1.82) is 0 Å². The maximum absolute atomic E-state index is 5.97. The summed E-state index contributed by atoms with van der Waals surface area (Å²) in [6.07, 6.45) is 2.51. The molecule has 0 spiro atoms. The van der Waals surface area contributed by atoms with Gasteiger partial charge < -0.3 is 4.90 Å². The van der Waals surface area contributed by atoms with Crippen LogP contribution in [0.2, 0.25) is 5.02 Å². The maximum atomic E-state index is 5.97. The first-order valence-electron chi connectivity index (χ1n) is 8.52. The van der Waals surface area contributed by atoms with Gasteiger partial charge in [-0.1, -0.05) is 11.6 Å². The van der Waals surface area contributed by atoms with E-state index in [1.165, 1.54) is 33.6 Å². The molecule has 4 rings (SSSR count). The number of aromatic nitrogens is 2. The summed E-state index contributed by atoms with van der Waals surface area (Å²) in [7, 11) is 0. The number of hydrogen-bond acceptors (Lipinski definition) is 5. The largest absolute Gasteiger partial charge is 0.356 e. The van der Waals surface area contributed by atoms with Crippen LogP contribution in [0.25, 0.3) is 10.2 Å². The molecule has 25 heavy (non-hydrogen) atoms. The minimum atomic E-state index is 0.767. The number of fused-ring (bicyclic) bond motifs is 1. The number of anilines is 1. The lowest BCUT2D eigenvalue weighted by atomic mass is 10.2. The van der Waals surface area contributed by atoms with Crippen molar-refractivity contribution in [3.05, 3.63) is 45.6 Å². The molecule has 0 bridgehead atoms. The third-order valence-corrected chi connectivity index (χ3v) is 7.00. The lowest BCUT2D eigenvalue weighted by Crippen LogP contribution is -2.20. The smallest absolute Gasteiger partial charge is 0.142 e. The Hall–Kier alpha value is -1.30. The number of thiophene rings is 1. The van der Waals surface area contributed by atoms with Crippen LogP contribution in [0.5, 0.6) is 0 Å². The lowest BCUT2D eigenvalue weighted by Gasteiger charge is -2.18. The molecular weight excluding hydrogens is 370 g/mol. The molecule has 2 aromatic heterocycles. The highest BCUT2D eigenvalue weighted by Crippen LogP contribution is 2.37. The first-order valence-corrected chi connectivity index (χ1v) is 10.7. The Morgan fingerprint density at radius 3 is 2.56 bits per heavy atom. The Kier molecular flexibility index (Phi) is 4.89. The summed E-state index contributed by atoms with van der Waals surface area (Å²) in [5.74, 6) is 2.82. The second kappa shape index (κ2) is 7.14. The summed E-state index contributed by atoms with van der Waals surface area (Å²) in [5.41, 5.74) is 1.33. The molecule has 0 saturated carbocycles. The Morgan fingerprint density at radius 1 is 1.12 bits per heavy atom. The zero-order valence-electron chi connectivity index (χ0n) is 14.4. The Bertz CT molecular complexity index is 899. The fraction of sp³-hybridized carbons (Fsp3) is 0.368. The minimum absolute atomic E-state index is 0.767. The quantitative estimate of drug-likeness (QED) is 0.523. The molecule has 6 heteroatoms. The third kappa shape index (κ3) is 3.50. The van der Waals surface area contributed by atoms with Crippen LogP contribution < -0.4 is 4.90 Å². The zero-order chi connectivity index (χ0) is 17.4. The van der Waals surface area contributed by atoms with E-state index in [1.807, 2.05) is 24.3 Å². The number of rotatable bonds is 4. The summed E-state index contributed by atoms with van der Waals surface area (Å²) >= 11 is 9.51. The molecule has 3 aromatic rings. The Morgan fingerprint density at radius 2 is 1.84 bits per heavy atom. The summed E-state index contributed by atoms with van der Waals surface area (Å²) in [5, 5.41) is 2.02. The van der Waals surface area contributed by atoms with Crippen LogP contribution in [0, 0.1) is 13.8 Å². The molecule has 1 aliphatic rings. The van der Waals surface area contributed by atoms with Gasteiger partial charge in [0.15, 0.2) is 0 Å². The van der Waals surface area contributed by atoms with E-state index in [2.05, 4.69) is 18.7 Å². The molecule has 0 unspecified atom stereocenters. The summed E-state index contributed by atoms with van der Waals surface area (Å²) in [4.78, 5) is 15.9. The fourth-order valence-corrected chi connectivity index (χ4v) is 5.09. The van der Waals surface area contributed by atoms with Crippen LogP contribution in [0.3, 0.4) is 0 Å². The predicted molar refractivity (Wildman–Crippen MR) is 109 cm³/mol. The van der Waals surface area contributed by atoms with Gasteiger partial charge in [-0.25, -0.2) is 9.97 Å². The van der Waals surface area contributed by atoms with E-state index in [4.69, 9.17) is 21.6 Å². The molecule has 1 aromatic carbocycles. The van der Waals surface area contributed by atoms with E-state index in [1.54, 1.807) is 23.1 Å². The van der Waals surface area contributed by atoms with Crippen molar-refractivity contribution < 1.29 is 0 Å². The molecule has 1 fully saturated rings. The van der Waals surface area contributed by atoms with Gasteiger partial charge in [0, 0.05) is 27.9 Å². The predicted octanol–water partition coefficient (Wildman–Crippen LogP) is 5.85. The van der Waals surface area contributed by atoms with Crippen LogP contribution in [-0.2, 0) is 5.75 Å². The van der Waals surface area contributed by atoms with Crippen LogP contribution in [0.4, 0.5) is 5.82 Å². The second-order valence-electron chi connectivity index (χ2n) is 6.36. The molecular formula is C19H20ClN3S2. The van der Waals surface area contributed by atoms with E-state index >= 15 is 0 Å². The van der Waals surface area contributed by atoms with Gasteiger partial charge in [0.2, 0.25) is 0 Å². The van der Waals surface area contributed by atoms with Crippen LogP contribution >= 0.6 is 34.7 Å². The molecule has 0 N–H and O–H groups in total. The molecule has 1 saturated heterocycles. The molecule has 0 radical (unpaired) electrons.